The van der Waals surface area contributed by atoms with Gasteiger partial charge in [0.15, 0.2) is 5.13 Å². The van der Waals surface area contributed by atoms with Crippen molar-refractivity contribution in [2.45, 2.75) is 51.7 Å². The van der Waals surface area contributed by atoms with Gasteiger partial charge in [0.1, 0.15) is 0 Å². The Morgan fingerprint density at radius 2 is 2.15 bits per heavy atom. The monoisotopic (exact) mass is 382 g/mol. The van der Waals surface area contributed by atoms with Crippen LogP contribution in [0.1, 0.15) is 39.5 Å². The third-order valence-corrected chi connectivity index (χ3v) is 4.52. The molecule has 0 aromatic carbocycles. The Hall–Kier alpha value is -2.00. The Bertz CT molecular complexity index is 600. The number of nitrogens with zero attached hydrogens (tertiary/aromatic N) is 2. The SMILES string of the molecule is CC(C)NC(=O)CN(CC1CCCO1)C(=O)CCC(=O)Nc1nccs1. The molecule has 1 fully saturated rings. The van der Waals surface area contributed by atoms with Crippen molar-refractivity contribution in [3.63, 3.8) is 0 Å². The highest BCUT2D eigenvalue weighted by molar-refractivity contribution is 7.13. The van der Waals surface area contributed by atoms with Gasteiger partial charge in [0, 0.05) is 43.6 Å². The van der Waals surface area contributed by atoms with Crippen molar-refractivity contribution in [1.29, 1.82) is 0 Å². The number of nitrogens with one attached hydrogen (secondary N) is 2. The zero-order valence-corrected chi connectivity index (χ0v) is 16.0. The van der Waals surface area contributed by atoms with Gasteiger partial charge in [-0.1, -0.05) is 0 Å². The Balaban J connectivity index is 1.86. The first-order valence-electron chi connectivity index (χ1n) is 8.82. The topological polar surface area (TPSA) is 101 Å². The van der Waals surface area contributed by atoms with Crippen LogP contribution in [0.15, 0.2) is 11.6 Å². The quantitative estimate of drug-likeness (QED) is 0.672. The summed E-state index contributed by atoms with van der Waals surface area (Å²) >= 11 is 1.32. The highest BCUT2D eigenvalue weighted by Gasteiger charge is 2.24. The fourth-order valence-corrected chi connectivity index (χ4v) is 3.22. The molecule has 8 nitrogen and oxygen atoms in total. The molecule has 0 aliphatic carbocycles. The molecule has 1 saturated heterocycles. The molecule has 0 bridgehead atoms. The molecule has 1 atom stereocenters. The summed E-state index contributed by atoms with van der Waals surface area (Å²) < 4.78 is 5.58. The highest BCUT2D eigenvalue weighted by atomic mass is 32.1. The van der Waals surface area contributed by atoms with Crippen LogP contribution in [0.4, 0.5) is 5.13 Å². The second-order valence-electron chi connectivity index (χ2n) is 6.52. The first-order chi connectivity index (χ1) is 12.4. The summed E-state index contributed by atoms with van der Waals surface area (Å²) in [6.45, 7) is 4.77. The lowest BCUT2D eigenvalue weighted by Crippen LogP contribution is -2.45. The van der Waals surface area contributed by atoms with E-state index in [9.17, 15) is 14.4 Å². The van der Waals surface area contributed by atoms with Crippen LogP contribution >= 0.6 is 11.3 Å². The van der Waals surface area contributed by atoms with Crippen LogP contribution in [0.2, 0.25) is 0 Å². The van der Waals surface area contributed by atoms with E-state index >= 15 is 0 Å². The minimum atomic E-state index is -0.267. The molecule has 1 aromatic heterocycles. The van der Waals surface area contributed by atoms with Gasteiger partial charge in [-0.3, -0.25) is 14.4 Å². The summed E-state index contributed by atoms with van der Waals surface area (Å²) in [6.07, 6.45) is 3.48. The molecule has 144 valence electrons. The van der Waals surface area contributed by atoms with Crippen molar-refractivity contribution in [2.75, 3.05) is 25.0 Å². The fourth-order valence-electron chi connectivity index (χ4n) is 2.68. The lowest BCUT2D eigenvalue weighted by atomic mass is 10.2. The lowest BCUT2D eigenvalue weighted by molar-refractivity contribution is -0.138. The first-order valence-corrected chi connectivity index (χ1v) is 9.70. The van der Waals surface area contributed by atoms with Crippen LogP contribution < -0.4 is 10.6 Å². The molecule has 1 aliphatic heterocycles. The normalized spacial score (nSPS) is 16.5. The van der Waals surface area contributed by atoms with Crippen LogP contribution in [0.3, 0.4) is 0 Å². The Kier molecular flexibility index (Phi) is 7.99. The van der Waals surface area contributed by atoms with E-state index in [0.29, 0.717) is 18.3 Å². The maximum atomic E-state index is 12.6. The van der Waals surface area contributed by atoms with E-state index in [1.165, 1.54) is 16.2 Å². The van der Waals surface area contributed by atoms with Crippen LogP contribution in [0, 0.1) is 0 Å². The minimum absolute atomic E-state index is 0.00579. The highest BCUT2D eigenvalue weighted by Crippen LogP contribution is 2.15. The van der Waals surface area contributed by atoms with Crippen molar-refractivity contribution in [3.05, 3.63) is 11.6 Å². The first kappa shape index (κ1) is 20.3. The van der Waals surface area contributed by atoms with Gasteiger partial charge < -0.3 is 20.3 Å². The molecule has 2 heterocycles. The Morgan fingerprint density at radius 3 is 2.77 bits per heavy atom. The van der Waals surface area contributed by atoms with Gasteiger partial charge in [-0.25, -0.2) is 4.98 Å². The number of hydrogen-bond donors (Lipinski definition) is 2. The number of carbonyl (C=O) groups is 3. The molecule has 1 aromatic rings. The zero-order chi connectivity index (χ0) is 18.9. The molecule has 9 heteroatoms. The Labute approximate surface area is 157 Å². The molecule has 1 aliphatic rings. The van der Waals surface area contributed by atoms with Gasteiger partial charge in [0.05, 0.1) is 12.6 Å². The number of carbonyl (C=O) groups excluding carboxylic acids is 3. The summed E-state index contributed by atoms with van der Waals surface area (Å²) in [5.41, 5.74) is 0. The van der Waals surface area contributed by atoms with Crippen molar-refractivity contribution in [1.82, 2.24) is 15.2 Å². The van der Waals surface area contributed by atoms with E-state index in [2.05, 4.69) is 15.6 Å². The third-order valence-electron chi connectivity index (χ3n) is 3.83. The van der Waals surface area contributed by atoms with Crippen LogP contribution in [-0.2, 0) is 19.1 Å². The van der Waals surface area contributed by atoms with Gasteiger partial charge in [-0.15, -0.1) is 11.3 Å². The molecule has 3 amide bonds. The predicted octanol–water partition coefficient (Wildman–Crippen LogP) is 1.39. The summed E-state index contributed by atoms with van der Waals surface area (Å²) in [5, 5.41) is 7.71. The number of hydrogen-bond acceptors (Lipinski definition) is 6. The van der Waals surface area contributed by atoms with Crippen molar-refractivity contribution >= 4 is 34.2 Å². The molecular formula is C17H26N4O4S. The molecule has 0 saturated carbocycles. The smallest absolute Gasteiger partial charge is 0.239 e. The van der Waals surface area contributed by atoms with Gasteiger partial charge in [-0.05, 0) is 26.7 Å². The average molecular weight is 382 g/mol. The van der Waals surface area contributed by atoms with E-state index in [1.54, 1.807) is 11.6 Å². The molecular weight excluding hydrogens is 356 g/mol. The lowest BCUT2D eigenvalue weighted by Gasteiger charge is -2.25. The van der Waals surface area contributed by atoms with Gasteiger partial charge in [0.25, 0.3) is 0 Å². The van der Waals surface area contributed by atoms with Crippen LogP contribution in [-0.4, -0.2) is 59.4 Å². The van der Waals surface area contributed by atoms with E-state index in [4.69, 9.17) is 4.74 Å². The van der Waals surface area contributed by atoms with Crippen LogP contribution in [0.25, 0.3) is 0 Å². The number of thiazole rings is 1. The van der Waals surface area contributed by atoms with E-state index < -0.39 is 0 Å². The van der Waals surface area contributed by atoms with Gasteiger partial charge in [0.2, 0.25) is 17.7 Å². The molecule has 0 spiro atoms. The van der Waals surface area contributed by atoms with Crippen molar-refractivity contribution in [2.24, 2.45) is 0 Å². The standard InChI is InChI=1S/C17H26N4O4S/c1-12(2)19-15(23)11-21(10-13-4-3-8-25-13)16(24)6-5-14(22)20-17-18-7-9-26-17/h7,9,12-13H,3-6,8,10-11H2,1-2H3,(H,19,23)(H,18,20,22). The Morgan fingerprint density at radius 1 is 1.35 bits per heavy atom. The molecule has 2 rings (SSSR count). The fraction of sp³-hybridized carbons (Fsp3) is 0.647. The average Bonchev–Trinajstić information content (AvgIpc) is 3.25. The van der Waals surface area contributed by atoms with E-state index in [-0.39, 0.29) is 49.3 Å². The molecule has 26 heavy (non-hydrogen) atoms. The number of anilines is 1. The largest absolute Gasteiger partial charge is 0.376 e. The number of aromatic nitrogens is 1. The van der Waals surface area contributed by atoms with Crippen molar-refractivity contribution < 1.29 is 19.1 Å². The van der Waals surface area contributed by atoms with Gasteiger partial charge in [-0.2, -0.15) is 0 Å². The number of ether oxygens (including phenoxy) is 1. The zero-order valence-electron chi connectivity index (χ0n) is 15.2. The second kappa shape index (κ2) is 10.2. The molecule has 2 N–H and O–H groups in total. The summed E-state index contributed by atoms with van der Waals surface area (Å²) in [6, 6.07) is 0.00579. The van der Waals surface area contributed by atoms with E-state index in [0.717, 1.165) is 12.8 Å². The number of rotatable bonds is 9. The summed E-state index contributed by atoms with van der Waals surface area (Å²) in [7, 11) is 0. The maximum absolute atomic E-state index is 12.6. The predicted molar refractivity (Wildman–Crippen MR) is 98.8 cm³/mol. The number of amides is 3. The van der Waals surface area contributed by atoms with E-state index in [1.807, 2.05) is 13.8 Å². The minimum Gasteiger partial charge on any atom is -0.376 e. The summed E-state index contributed by atoms with van der Waals surface area (Å²) in [5.74, 6) is -0.704. The van der Waals surface area contributed by atoms with Gasteiger partial charge >= 0.3 is 0 Å². The second-order valence-corrected chi connectivity index (χ2v) is 7.41. The van der Waals surface area contributed by atoms with Crippen molar-refractivity contribution in [3.8, 4) is 0 Å². The third kappa shape index (κ3) is 7.09. The maximum Gasteiger partial charge on any atom is 0.239 e. The van der Waals surface area contributed by atoms with Crippen LogP contribution in [0.5, 0.6) is 0 Å². The summed E-state index contributed by atoms with van der Waals surface area (Å²) in [4.78, 5) is 42.0. The molecule has 0 radical (unpaired) electrons. The molecule has 1 unspecified atom stereocenters.